The number of aromatic nitrogens is 1. The Balaban J connectivity index is 3.27. The standard InChI is InChI=1S/C8H8N2O4/c1-5-6(10(12)13)3-4-9-7(5)8(11)14-2/h3-4H,1-2H3. The van der Waals surface area contributed by atoms with Gasteiger partial charge in [0.2, 0.25) is 0 Å². The third kappa shape index (κ3) is 1.68. The van der Waals surface area contributed by atoms with Crippen molar-refractivity contribution in [1.29, 1.82) is 0 Å². The van der Waals surface area contributed by atoms with Crippen molar-refractivity contribution in [2.45, 2.75) is 6.92 Å². The highest BCUT2D eigenvalue weighted by Crippen LogP contribution is 2.19. The molecule has 6 nitrogen and oxygen atoms in total. The molecule has 0 aliphatic carbocycles. The SMILES string of the molecule is COC(=O)c1nccc([N+](=O)[O-])c1C. The van der Waals surface area contributed by atoms with E-state index in [4.69, 9.17) is 0 Å². The van der Waals surface area contributed by atoms with E-state index >= 15 is 0 Å². The fraction of sp³-hybridized carbons (Fsp3) is 0.250. The summed E-state index contributed by atoms with van der Waals surface area (Å²) in [5.74, 6) is -0.675. The van der Waals surface area contributed by atoms with Gasteiger partial charge in [-0.15, -0.1) is 0 Å². The third-order valence-electron chi connectivity index (χ3n) is 1.75. The predicted octanol–water partition coefficient (Wildman–Crippen LogP) is 1.08. The Hall–Kier alpha value is -1.98. The second-order valence-electron chi connectivity index (χ2n) is 2.55. The van der Waals surface area contributed by atoms with Gasteiger partial charge in [0.1, 0.15) is 0 Å². The van der Waals surface area contributed by atoms with E-state index in [1.807, 2.05) is 0 Å². The van der Waals surface area contributed by atoms with Crippen LogP contribution in [0, 0.1) is 17.0 Å². The predicted molar refractivity (Wildman–Crippen MR) is 47.0 cm³/mol. The van der Waals surface area contributed by atoms with E-state index in [1.165, 1.54) is 26.3 Å². The average molecular weight is 196 g/mol. The molecule has 6 heteroatoms. The zero-order valence-electron chi connectivity index (χ0n) is 7.68. The molecule has 0 aliphatic heterocycles. The van der Waals surface area contributed by atoms with Crippen LogP contribution in [0.3, 0.4) is 0 Å². The van der Waals surface area contributed by atoms with Gasteiger partial charge in [-0.25, -0.2) is 9.78 Å². The molecule has 0 aromatic carbocycles. The number of esters is 1. The van der Waals surface area contributed by atoms with Crippen molar-refractivity contribution in [1.82, 2.24) is 4.98 Å². The van der Waals surface area contributed by atoms with Gasteiger partial charge < -0.3 is 4.74 Å². The van der Waals surface area contributed by atoms with E-state index in [2.05, 4.69) is 9.72 Å². The molecule has 1 aromatic rings. The fourth-order valence-corrected chi connectivity index (χ4v) is 1.03. The normalized spacial score (nSPS) is 9.57. The summed E-state index contributed by atoms with van der Waals surface area (Å²) in [6.45, 7) is 1.46. The van der Waals surface area contributed by atoms with Crippen LogP contribution in [0.2, 0.25) is 0 Å². The Kier molecular flexibility index (Phi) is 2.76. The van der Waals surface area contributed by atoms with Crippen LogP contribution in [-0.2, 0) is 4.74 Å². The second kappa shape index (κ2) is 3.82. The van der Waals surface area contributed by atoms with Gasteiger partial charge in [-0.1, -0.05) is 0 Å². The largest absolute Gasteiger partial charge is 0.464 e. The minimum atomic E-state index is -0.675. The summed E-state index contributed by atoms with van der Waals surface area (Å²) < 4.78 is 4.43. The summed E-state index contributed by atoms with van der Waals surface area (Å²) in [6, 6.07) is 1.24. The number of nitro groups is 1. The van der Waals surface area contributed by atoms with Crippen molar-refractivity contribution in [3.63, 3.8) is 0 Å². The van der Waals surface area contributed by atoms with Crippen LogP contribution in [0.5, 0.6) is 0 Å². The number of pyridine rings is 1. The minimum absolute atomic E-state index is 0.0262. The lowest BCUT2D eigenvalue weighted by Gasteiger charge is -2.02. The number of hydrogen-bond acceptors (Lipinski definition) is 5. The van der Waals surface area contributed by atoms with E-state index in [9.17, 15) is 14.9 Å². The second-order valence-corrected chi connectivity index (χ2v) is 2.55. The molecular weight excluding hydrogens is 188 g/mol. The molecule has 0 fully saturated rings. The first-order valence-corrected chi connectivity index (χ1v) is 3.76. The average Bonchev–Trinajstić information content (AvgIpc) is 2.16. The zero-order chi connectivity index (χ0) is 10.7. The summed E-state index contributed by atoms with van der Waals surface area (Å²) in [7, 11) is 1.20. The van der Waals surface area contributed by atoms with Gasteiger partial charge >= 0.3 is 5.97 Å². The van der Waals surface area contributed by atoms with Crippen molar-refractivity contribution in [3.8, 4) is 0 Å². The summed E-state index contributed by atoms with van der Waals surface area (Å²) >= 11 is 0. The van der Waals surface area contributed by atoms with Crippen LogP contribution in [0.25, 0.3) is 0 Å². The Labute approximate surface area is 79.7 Å². The molecule has 0 bridgehead atoms. The molecule has 1 rings (SSSR count). The van der Waals surface area contributed by atoms with Gasteiger partial charge in [0.25, 0.3) is 5.69 Å². The Morgan fingerprint density at radius 1 is 1.64 bits per heavy atom. The van der Waals surface area contributed by atoms with Gasteiger partial charge in [0, 0.05) is 12.3 Å². The van der Waals surface area contributed by atoms with Crippen molar-refractivity contribution >= 4 is 11.7 Å². The first-order valence-electron chi connectivity index (χ1n) is 3.76. The topological polar surface area (TPSA) is 82.3 Å². The first-order chi connectivity index (χ1) is 6.57. The first kappa shape index (κ1) is 10.1. The van der Waals surface area contributed by atoms with Gasteiger partial charge in [-0.2, -0.15) is 0 Å². The summed E-state index contributed by atoms with van der Waals surface area (Å²) in [4.78, 5) is 24.8. The van der Waals surface area contributed by atoms with Crippen LogP contribution in [-0.4, -0.2) is 23.0 Å². The number of methoxy groups -OCH3 is 1. The summed E-state index contributed by atoms with van der Waals surface area (Å²) in [5, 5.41) is 10.5. The Bertz CT molecular complexity index is 389. The Morgan fingerprint density at radius 3 is 2.79 bits per heavy atom. The van der Waals surface area contributed by atoms with Crippen molar-refractivity contribution in [2.24, 2.45) is 0 Å². The lowest BCUT2D eigenvalue weighted by atomic mass is 10.2. The van der Waals surface area contributed by atoms with Crippen LogP contribution in [0.15, 0.2) is 12.3 Å². The zero-order valence-corrected chi connectivity index (χ0v) is 7.68. The van der Waals surface area contributed by atoms with E-state index in [-0.39, 0.29) is 16.9 Å². The molecule has 0 aliphatic rings. The number of hydrogen-bond donors (Lipinski definition) is 0. The van der Waals surface area contributed by atoms with Crippen molar-refractivity contribution < 1.29 is 14.5 Å². The highest BCUT2D eigenvalue weighted by atomic mass is 16.6. The number of ether oxygens (including phenoxy) is 1. The maximum absolute atomic E-state index is 11.1. The molecule has 1 aromatic heterocycles. The van der Waals surface area contributed by atoms with Gasteiger partial charge in [0.15, 0.2) is 5.69 Å². The van der Waals surface area contributed by atoms with Gasteiger partial charge in [0.05, 0.1) is 17.6 Å². The third-order valence-corrected chi connectivity index (χ3v) is 1.75. The van der Waals surface area contributed by atoms with E-state index in [0.29, 0.717) is 0 Å². The minimum Gasteiger partial charge on any atom is -0.464 e. The molecule has 0 amide bonds. The molecule has 14 heavy (non-hydrogen) atoms. The van der Waals surface area contributed by atoms with Crippen LogP contribution < -0.4 is 0 Å². The highest BCUT2D eigenvalue weighted by molar-refractivity contribution is 5.89. The molecule has 0 radical (unpaired) electrons. The molecule has 0 saturated carbocycles. The van der Waals surface area contributed by atoms with Crippen LogP contribution >= 0.6 is 0 Å². The molecule has 74 valence electrons. The maximum atomic E-state index is 11.1. The lowest BCUT2D eigenvalue weighted by Crippen LogP contribution is -2.08. The molecule has 0 atom stereocenters. The van der Waals surface area contributed by atoms with Crippen molar-refractivity contribution in [2.75, 3.05) is 7.11 Å². The smallest absolute Gasteiger partial charge is 0.357 e. The number of nitrogens with zero attached hydrogens (tertiary/aromatic N) is 2. The molecule has 0 unspecified atom stereocenters. The highest BCUT2D eigenvalue weighted by Gasteiger charge is 2.19. The number of carbonyl (C=O) groups excluding carboxylic acids is 1. The molecule has 0 saturated heterocycles. The molecule has 1 heterocycles. The van der Waals surface area contributed by atoms with E-state index < -0.39 is 10.9 Å². The number of carbonyl (C=O) groups is 1. The molecular formula is C8H8N2O4. The summed E-state index contributed by atoms with van der Waals surface area (Å²) in [6.07, 6.45) is 1.21. The van der Waals surface area contributed by atoms with Crippen molar-refractivity contribution in [3.05, 3.63) is 33.6 Å². The van der Waals surface area contributed by atoms with Crippen LogP contribution in [0.4, 0.5) is 5.69 Å². The lowest BCUT2D eigenvalue weighted by molar-refractivity contribution is -0.385. The van der Waals surface area contributed by atoms with E-state index in [1.54, 1.807) is 0 Å². The quantitative estimate of drug-likeness (QED) is 0.401. The van der Waals surface area contributed by atoms with Gasteiger partial charge in [-0.3, -0.25) is 10.1 Å². The van der Waals surface area contributed by atoms with E-state index in [0.717, 1.165) is 0 Å². The van der Waals surface area contributed by atoms with Crippen LogP contribution in [0.1, 0.15) is 16.1 Å². The summed E-state index contributed by atoms with van der Waals surface area (Å²) in [5.41, 5.74) is 0.0476. The molecule has 0 N–H and O–H groups in total. The van der Waals surface area contributed by atoms with Gasteiger partial charge in [-0.05, 0) is 6.92 Å². The molecule has 0 spiro atoms. The fourth-order valence-electron chi connectivity index (χ4n) is 1.03. The maximum Gasteiger partial charge on any atom is 0.357 e. The monoisotopic (exact) mass is 196 g/mol. The number of rotatable bonds is 2. The Morgan fingerprint density at radius 2 is 2.29 bits per heavy atom.